The minimum atomic E-state index is -2.94. The fraction of sp³-hybridized carbons (Fsp3) is 0.529. The summed E-state index contributed by atoms with van der Waals surface area (Å²) in [7, 11) is -1.30. The summed E-state index contributed by atoms with van der Waals surface area (Å²) >= 11 is 5.31. The predicted octanol–water partition coefficient (Wildman–Crippen LogP) is 0.472. The van der Waals surface area contributed by atoms with Gasteiger partial charge in [-0.05, 0) is 17.8 Å². The molecule has 7 nitrogen and oxygen atoms in total. The normalized spacial score (nSPS) is 20.3. The van der Waals surface area contributed by atoms with Crippen molar-refractivity contribution >= 4 is 22.1 Å². The molecule has 1 N–H and O–H groups in total. The number of benzene rings is 1. The van der Waals surface area contributed by atoms with Gasteiger partial charge in [0.05, 0.1) is 18.8 Å². The van der Waals surface area contributed by atoms with Crippen molar-refractivity contribution in [1.29, 1.82) is 0 Å². The van der Waals surface area contributed by atoms with Crippen molar-refractivity contribution in [3.8, 4) is 0 Å². The number of methoxy groups -OCH3 is 1. The molecule has 0 aliphatic carbocycles. The number of ether oxygens (including phenoxy) is 1. The summed E-state index contributed by atoms with van der Waals surface area (Å²) in [6, 6.07) is 9.96. The molecule has 9 heteroatoms. The lowest BCUT2D eigenvalue weighted by Crippen LogP contribution is -3.16. The van der Waals surface area contributed by atoms with Crippen LogP contribution in [-0.4, -0.2) is 56.0 Å². The SMILES string of the molecule is COCC[NH+](Cn1nc(Cc2ccccc2)oc1=S)[C@H]1CCS(=O)(=O)C1. The van der Waals surface area contributed by atoms with Crippen molar-refractivity contribution in [2.45, 2.75) is 25.6 Å². The summed E-state index contributed by atoms with van der Waals surface area (Å²) in [6.45, 7) is 1.72. The van der Waals surface area contributed by atoms with Crippen LogP contribution in [0.5, 0.6) is 0 Å². The van der Waals surface area contributed by atoms with Crippen LogP contribution in [0.2, 0.25) is 0 Å². The van der Waals surface area contributed by atoms with Crippen molar-refractivity contribution in [3.05, 3.63) is 46.6 Å². The van der Waals surface area contributed by atoms with E-state index in [0.29, 0.717) is 43.4 Å². The average Bonchev–Trinajstić information content (AvgIpc) is 3.14. The Kier molecular flexibility index (Phi) is 6.23. The lowest BCUT2D eigenvalue weighted by Gasteiger charge is -2.24. The Hall–Kier alpha value is -1.55. The molecule has 0 spiro atoms. The Morgan fingerprint density at radius 2 is 2.15 bits per heavy atom. The number of aromatic nitrogens is 2. The maximum absolute atomic E-state index is 11.8. The Morgan fingerprint density at radius 1 is 1.38 bits per heavy atom. The van der Waals surface area contributed by atoms with Gasteiger partial charge in [-0.15, -0.1) is 5.10 Å². The second kappa shape index (κ2) is 8.43. The van der Waals surface area contributed by atoms with Crippen molar-refractivity contribution in [2.75, 3.05) is 31.8 Å². The molecule has 0 radical (unpaired) electrons. The Balaban J connectivity index is 1.73. The van der Waals surface area contributed by atoms with E-state index in [0.717, 1.165) is 10.5 Å². The molecule has 0 amide bonds. The van der Waals surface area contributed by atoms with Crippen LogP contribution in [0.25, 0.3) is 0 Å². The third-order valence-corrected chi connectivity index (χ3v) is 6.70. The Bertz CT molecular complexity index is 877. The topological polar surface area (TPSA) is 78.8 Å². The zero-order valence-electron chi connectivity index (χ0n) is 14.8. The monoisotopic (exact) mass is 398 g/mol. The molecule has 1 aromatic carbocycles. The molecule has 142 valence electrons. The number of hydrogen-bond acceptors (Lipinski definition) is 6. The predicted molar refractivity (Wildman–Crippen MR) is 99.3 cm³/mol. The highest BCUT2D eigenvalue weighted by molar-refractivity contribution is 7.91. The van der Waals surface area contributed by atoms with Crippen LogP contribution in [0.1, 0.15) is 17.9 Å². The summed E-state index contributed by atoms with van der Waals surface area (Å²) in [5.41, 5.74) is 1.10. The number of quaternary nitrogens is 1. The third kappa shape index (κ3) is 5.00. The molecule has 2 aromatic rings. The highest BCUT2D eigenvalue weighted by atomic mass is 32.2. The molecule has 1 aliphatic heterocycles. The molecule has 2 heterocycles. The maximum atomic E-state index is 11.8. The molecule has 1 aromatic heterocycles. The second-order valence-corrected chi connectivity index (χ2v) is 9.16. The van der Waals surface area contributed by atoms with Crippen molar-refractivity contribution in [3.63, 3.8) is 0 Å². The first kappa shape index (κ1) is 19.2. The summed E-state index contributed by atoms with van der Waals surface area (Å²) in [4.78, 5) is 1.41. The largest absolute Gasteiger partial charge is 0.413 e. The third-order valence-electron chi connectivity index (χ3n) is 4.64. The van der Waals surface area contributed by atoms with Gasteiger partial charge in [0.2, 0.25) is 5.89 Å². The zero-order valence-corrected chi connectivity index (χ0v) is 16.4. The average molecular weight is 399 g/mol. The fourth-order valence-electron chi connectivity index (χ4n) is 3.25. The number of sulfone groups is 1. The van der Waals surface area contributed by atoms with Crippen LogP contribution in [-0.2, 0) is 27.7 Å². The van der Waals surface area contributed by atoms with Crippen molar-refractivity contribution < 1.29 is 22.5 Å². The van der Waals surface area contributed by atoms with Crippen LogP contribution in [0, 0.1) is 4.84 Å². The lowest BCUT2D eigenvalue weighted by atomic mass is 10.2. The first-order valence-electron chi connectivity index (χ1n) is 8.61. The molecular weight excluding hydrogens is 374 g/mol. The first-order chi connectivity index (χ1) is 12.5. The van der Waals surface area contributed by atoms with Crippen LogP contribution in [0.3, 0.4) is 0 Å². The lowest BCUT2D eigenvalue weighted by molar-refractivity contribution is -0.945. The van der Waals surface area contributed by atoms with Gasteiger partial charge in [-0.1, -0.05) is 30.3 Å². The number of rotatable bonds is 8. The van der Waals surface area contributed by atoms with Crippen LogP contribution in [0.15, 0.2) is 34.7 Å². The zero-order chi connectivity index (χ0) is 18.6. The van der Waals surface area contributed by atoms with E-state index in [-0.39, 0.29) is 17.5 Å². The molecular formula is C17H24N3O4S2+. The van der Waals surface area contributed by atoms with Gasteiger partial charge in [0, 0.05) is 13.5 Å². The van der Waals surface area contributed by atoms with E-state index in [1.807, 2.05) is 30.3 Å². The van der Waals surface area contributed by atoms with Gasteiger partial charge in [-0.25, -0.2) is 8.42 Å². The Morgan fingerprint density at radius 3 is 2.81 bits per heavy atom. The van der Waals surface area contributed by atoms with Gasteiger partial charge >= 0.3 is 0 Å². The molecule has 1 unspecified atom stereocenters. The summed E-state index contributed by atoms with van der Waals surface area (Å²) in [5.74, 6) is 1.01. The van der Waals surface area contributed by atoms with Gasteiger partial charge in [-0.2, -0.15) is 4.68 Å². The van der Waals surface area contributed by atoms with E-state index in [4.69, 9.17) is 21.4 Å². The van der Waals surface area contributed by atoms with E-state index < -0.39 is 9.84 Å². The van der Waals surface area contributed by atoms with E-state index >= 15 is 0 Å². The van der Waals surface area contributed by atoms with Crippen LogP contribution >= 0.6 is 12.2 Å². The fourth-order valence-corrected chi connectivity index (χ4v) is 5.27. The van der Waals surface area contributed by atoms with E-state index in [1.54, 1.807) is 11.8 Å². The molecule has 2 atom stereocenters. The summed E-state index contributed by atoms with van der Waals surface area (Å²) in [5, 5.41) is 4.50. The first-order valence-corrected chi connectivity index (χ1v) is 10.8. The maximum Gasteiger partial charge on any atom is 0.291 e. The highest BCUT2D eigenvalue weighted by Crippen LogP contribution is 2.10. The molecule has 0 saturated carbocycles. The van der Waals surface area contributed by atoms with Gasteiger partial charge in [0.15, 0.2) is 16.5 Å². The molecule has 1 fully saturated rings. The minimum Gasteiger partial charge on any atom is -0.413 e. The van der Waals surface area contributed by atoms with E-state index in [9.17, 15) is 8.42 Å². The molecule has 1 saturated heterocycles. The number of nitrogens with one attached hydrogen (secondary N) is 1. The van der Waals surface area contributed by atoms with Gasteiger partial charge < -0.3 is 14.1 Å². The van der Waals surface area contributed by atoms with Crippen LogP contribution < -0.4 is 4.90 Å². The summed E-state index contributed by atoms with van der Waals surface area (Å²) < 4.78 is 36.2. The quantitative estimate of drug-likeness (QED) is 0.652. The molecule has 26 heavy (non-hydrogen) atoms. The van der Waals surface area contributed by atoms with E-state index in [2.05, 4.69) is 5.10 Å². The van der Waals surface area contributed by atoms with Crippen molar-refractivity contribution in [1.82, 2.24) is 9.78 Å². The van der Waals surface area contributed by atoms with Crippen molar-refractivity contribution in [2.24, 2.45) is 0 Å². The summed E-state index contributed by atoms with van der Waals surface area (Å²) in [6.07, 6.45) is 1.23. The van der Waals surface area contributed by atoms with Gasteiger partial charge in [0.1, 0.15) is 18.3 Å². The molecule has 3 rings (SSSR count). The second-order valence-electron chi connectivity index (χ2n) is 6.58. The number of nitrogens with zero attached hydrogens (tertiary/aromatic N) is 2. The van der Waals surface area contributed by atoms with Crippen LogP contribution in [0.4, 0.5) is 0 Å². The highest BCUT2D eigenvalue weighted by Gasteiger charge is 2.35. The molecule has 1 aliphatic rings. The standard InChI is InChI=1S/C17H23N3O4S2/c1-23-9-8-19(15-7-10-26(21,22)12-15)13-20-17(25)24-16(18-20)11-14-5-3-2-4-6-14/h2-6,15H,7-13H2,1H3/p+1/t15-/m0/s1. The minimum absolute atomic E-state index is 0.0336. The Labute approximate surface area is 158 Å². The van der Waals surface area contributed by atoms with Gasteiger partial charge in [0.25, 0.3) is 4.84 Å². The van der Waals surface area contributed by atoms with E-state index in [1.165, 1.54) is 0 Å². The smallest absolute Gasteiger partial charge is 0.291 e. The number of hydrogen-bond donors (Lipinski definition) is 1. The van der Waals surface area contributed by atoms with Gasteiger partial charge in [-0.3, -0.25) is 0 Å². The molecule has 0 bridgehead atoms.